The van der Waals surface area contributed by atoms with Gasteiger partial charge in [-0.1, -0.05) is 6.07 Å². The summed E-state index contributed by atoms with van der Waals surface area (Å²) >= 11 is 0. The first-order chi connectivity index (χ1) is 11.4. The number of nitrogens with one attached hydrogen (secondary N) is 1. The van der Waals surface area contributed by atoms with E-state index in [-0.39, 0.29) is 38.0 Å². The Kier molecular flexibility index (Phi) is 6.62. The highest BCUT2D eigenvalue weighted by Crippen LogP contribution is 2.40. The Morgan fingerprint density at radius 2 is 2.12 bits per heavy atom. The van der Waals surface area contributed by atoms with E-state index in [2.05, 4.69) is 4.98 Å². The molecule has 1 radical (unpaired) electrons. The predicted molar refractivity (Wildman–Crippen MR) is 83.2 cm³/mol. The van der Waals surface area contributed by atoms with Gasteiger partial charge in [-0.05, 0) is 50.2 Å². The highest BCUT2D eigenvalue weighted by Gasteiger charge is 2.40. The van der Waals surface area contributed by atoms with Gasteiger partial charge in [0, 0.05) is 30.7 Å². The SMILES string of the molecule is O=C(NO)C(CC(O)[CH]Cc1ccccn1)C1CCC(F)(F)CC1. The second-order valence-corrected chi connectivity index (χ2v) is 6.34. The number of hydrogen-bond donors (Lipinski definition) is 3. The molecule has 2 atom stereocenters. The van der Waals surface area contributed by atoms with Crippen LogP contribution in [0.15, 0.2) is 24.4 Å². The zero-order valence-electron chi connectivity index (χ0n) is 13.4. The molecule has 0 spiro atoms. The van der Waals surface area contributed by atoms with Crippen molar-refractivity contribution in [2.45, 2.75) is 50.6 Å². The molecule has 1 fully saturated rings. The molecule has 0 aromatic carbocycles. The number of hydroxylamine groups is 1. The molecule has 24 heavy (non-hydrogen) atoms. The van der Waals surface area contributed by atoms with Crippen molar-refractivity contribution in [2.75, 3.05) is 0 Å². The van der Waals surface area contributed by atoms with Gasteiger partial charge in [-0.2, -0.15) is 0 Å². The Bertz CT molecular complexity index is 518. The van der Waals surface area contributed by atoms with Crippen LogP contribution in [0.1, 0.15) is 37.8 Å². The second kappa shape index (κ2) is 8.48. The van der Waals surface area contributed by atoms with Gasteiger partial charge >= 0.3 is 0 Å². The van der Waals surface area contributed by atoms with Gasteiger partial charge in [-0.3, -0.25) is 15.0 Å². The fraction of sp³-hybridized carbons (Fsp3) is 0.588. The Morgan fingerprint density at radius 1 is 1.42 bits per heavy atom. The van der Waals surface area contributed by atoms with Gasteiger partial charge in [0.2, 0.25) is 11.8 Å². The van der Waals surface area contributed by atoms with Crippen LogP contribution >= 0.6 is 0 Å². The normalized spacial score (nSPS) is 20.3. The number of aliphatic hydroxyl groups is 1. The molecule has 2 rings (SSSR count). The summed E-state index contributed by atoms with van der Waals surface area (Å²) in [7, 11) is 0. The van der Waals surface area contributed by atoms with E-state index in [0.29, 0.717) is 6.42 Å². The monoisotopic (exact) mass is 341 g/mol. The summed E-state index contributed by atoms with van der Waals surface area (Å²) in [6, 6.07) is 5.46. The number of alkyl halides is 2. The molecule has 0 aliphatic heterocycles. The zero-order chi connectivity index (χ0) is 17.6. The lowest BCUT2D eigenvalue weighted by atomic mass is 9.76. The predicted octanol–water partition coefficient (Wildman–Crippen LogP) is 2.53. The maximum absolute atomic E-state index is 13.3. The van der Waals surface area contributed by atoms with Crippen LogP contribution in [0.4, 0.5) is 8.78 Å². The Balaban J connectivity index is 1.89. The van der Waals surface area contributed by atoms with Gasteiger partial charge in [0.15, 0.2) is 0 Å². The lowest BCUT2D eigenvalue weighted by Gasteiger charge is -2.33. The van der Waals surface area contributed by atoms with E-state index >= 15 is 0 Å². The summed E-state index contributed by atoms with van der Waals surface area (Å²) in [5.74, 6) is -4.27. The van der Waals surface area contributed by atoms with Crippen molar-refractivity contribution in [1.29, 1.82) is 0 Å². The molecule has 0 saturated heterocycles. The fourth-order valence-corrected chi connectivity index (χ4v) is 3.19. The van der Waals surface area contributed by atoms with Crippen molar-refractivity contribution in [3.05, 3.63) is 36.5 Å². The molecule has 5 nitrogen and oxygen atoms in total. The van der Waals surface area contributed by atoms with Crippen LogP contribution < -0.4 is 5.48 Å². The Labute approximate surface area is 140 Å². The second-order valence-electron chi connectivity index (χ2n) is 6.34. The minimum Gasteiger partial charge on any atom is -0.393 e. The maximum Gasteiger partial charge on any atom is 0.248 e. The third kappa shape index (κ3) is 5.49. The smallest absolute Gasteiger partial charge is 0.248 e. The quantitative estimate of drug-likeness (QED) is 0.526. The number of pyridine rings is 1. The molecule has 1 amide bonds. The molecule has 1 heterocycles. The van der Waals surface area contributed by atoms with Gasteiger partial charge in [-0.15, -0.1) is 0 Å². The number of rotatable bonds is 7. The molecule has 0 bridgehead atoms. The van der Waals surface area contributed by atoms with Crippen LogP contribution in [0.2, 0.25) is 0 Å². The molecular formula is C17H23F2N2O3. The highest BCUT2D eigenvalue weighted by molar-refractivity contribution is 5.77. The molecule has 133 valence electrons. The topological polar surface area (TPSA) is 82.5 Å². The number of aliphatic hydroxyl groups excluding tert-OH is 1. The van der Waals surface area contributed by atoms with Crippen molar-refractivity contribution < 1.29 is 23.9 Å². The molecule has 1 aromatic rings. The average molecular weight is 341 g/mol. The standard InChI is InChI=1S/C17H23F2N2O3/c18-17(19)8-6-12(7-9-17)15(16(23)21-24)11-14(22)5-4-13-3-1-2-10-20-13/h1-3,5,10,12,14-15,22,24H,4,6-9,11H2,(H,21,23). The van der Waals surface area contributed by atoms with Gasteiger partial charge in [0.1, 0.15) is 0 Å². The lowest BCUT2D eigenvalue weighted by Crippen LogP contribution is -2.38. The molecule has 2 unspecified atom stereocenters. The number of nitrogens with zero attached hydrogens (tertiary/aromatic N) is 1. The van der Waals surface area contributed by atoms with Gasteiger partial charge in [0.05, 0.1) is 6.10 Å². The van der Waals surface area contributed by atoms with E-state index < -0.39 is 23.9 Å². The van der Waals surface area contributed by atoms with Crippen LogP contribution in [-0.4, -0.2) is 33.2 Å². The Morgan fingerprint density at radius 3 is 2.71 bits per heavy atom. The molecule has 1 saturated carbocycles. The summed E-state index contributed by atoms with van der Waals surface area (Å²) in [4.78, 5) is 16.0. The van der Waals surface area contributed by atoms with Crippen LogP contribution in [0.3, 0.4) is 0 Å². The number of amides is 1. The lowest BCUT2D eigenvalue weighted by molar-refractivity contribution is -0.138. The maximum atomic E-state index is 13.3. The van der Waals surface area contributed by atoms with Crippen LogP contribution in [0, 0.1) is 18.3 Å². The van der Waals surface area contributed by atoms with E-state index in [1.807, 2.05) is 12.1 Å². The summed E-state index contributed by atoms with van der Waals surface area (Å²) in [6.07, 6.45) is 2.83. The number of carbonyl (C=O) groups is 1. The molecule has 1 aromatic heterocycles. The van der Waals surface area contributed by atoms with Crippen LogP contribution in [0.5, 0.6) is 0 Å². The van der Waals surface area contributed by atoms with Gasteiger partial charge in [0.25, 0.3) is 0 Å². The van der Waals surface area contributed by atoms with Crippen LogP contribution in [-0.2, 0) is 11.2 Å². The highest BCUT2D eigenvalue weighted by atomic mass is 19.3. The third-order valence-electron chi connectivity index (χ3n) is 4.60. The minimum atomic E-state index is -2.68. The first-order valence-corrected chi connectivity index (χ1v) is 8.14. The summed E-state index contributed by atoms with van der Waals surface area (Å²) in [5, 5.41) is 19.1. The minimum absolute atomic E-state index is 0.0927. The van der Waals surface area contributed by atoms with Crippen molar-refractivity contribution in [1.82, 2.24) is 10.5 Å². The van der Waals surface area contributed by atoms with Gasteiger partial charge in [-0.25, -0.2) is 14.3 Å². The summed E-state index contributed by atoms with van der Waals surface area (Å²) in [5.41, 5.74) is 2.39. The molecule has 3 N–H and O–H groups in total. The Hall–Kier alpha value is -1.60. The van der Waals surface area contributed by atoms with Crippen molar-refractivity contribution in [3.8, 4) is 0 Å². The molecular weight excluding hydrogens is 318 g/mol. The summed E-state index contributed by atoms with van der Waals surface area (Å²) < 4.78 is 26.6. The number of carbonyl (C=O) groups excluding carboxylic acids is 1. The zero-order valence-corrected chi connectivity index (χ0v) is 13.4. The van der Waals surface area contributed by atoms with Crippen LogP contribution in [0.25, 0.3) is 0 Å². The largest absolute Gasteiger partial charge is 0.393 e. The van der Waals surface area contributed by atoms with E-state index in [9.17, 15) is 18.7 Å². The average Bonchev–Trinajstić information content (AvgIpc) is 2.58. The van der Waals surface area contributed by atoms with Crippen molar-refractivity contribution in [2.24, 2.45) is 11.8 Å². The van der Waals surface area contributed by atoms with Gasteiger partial charge < -0.3 is 5.11 Å². The molecule has 1 aliphatic rings. The number of aromatic nitrogens is 1. The first-order valence-electron chi connectivity index (χ1n) is 8.14. The fourth-order valence-electron chi connectivity index (χ4n) is 3.19. The van der Waals surface area contributed by atoms with Crippen molar-refractivity contribution in [3.63, 3.8) is 0 Å². The van der Waals surface area contributed by atoms with Crippen molar-refractivity contribution >= 4 is 5.91 Å². The molecule has 1 aliphatic carbocycles. The van der Waals surface area contributed by atoms with E-state index in [4.69, 9.17) is 5.21 Å². The van der Waals surface area contributed by atoms with E-state index in [0.717, 1.165) is 5.69 Å². The first kappa shape index (κ1) is 18.7. The number of halogens is 2. The number of hydrogen-bond acceptors (Lipinski definition) is 4. The summed E-state index contributed by atoms with van der Waals surface area (Å²) in [6.45, 7) is 0. The molecule has 7 heteroatoms. The van der Waals surface area contributed by atoms with E-state index in [1.54, 1.807) is 24.2 Å². The third-order valence-corrected chi connectivity index (χ3v) is 4.60. The van der Waals surface area contributed by atoms with E-state index in [1.165, 1.54) is 0 Å².